The topological polar surface area (TPSA) is 33.5 Å². The summed E-state index contributed by atoms with van der Waals surface area (Å²) < 4.78 is 9.05. The number of nitrogens with zero attached hydrogens (tertiary/aromatic N) is 4. The van der Waals surface area contributed by atoms with E-state index in [9.17, 15) is 0 Å². The molecular formula is C66H67N4OPt-3. The summed E-state index contributed by atoms with van der Waals surface area (Å²) in [7, 11) is 0. The summed E-state index contributed by atoms with van der Waals surface area (Å²) in [6, 6.07) is 64.5. The van der Waals surface area contributed by atoms with E-state index in [1.807, 2.05) is 18.3 Å². The van der Waals surface area contributed by atoms with Crippen LogP contribution in [0.25, 0.3) is 27.6 Å². The molecule has 0 bridgehead atoms. The van der Waals surface area contributed by atoms with Crippen molar-refractivity contribution < 1.29 is 25.8 Å². The van der Waals surface area contributed by atoms with Crippen molar-refractivity contribution in [1.29, 1.82) is 0 Å². The molecule has 0 radical (unpaired) electrons. The maximum absolute atomic E-state index is 6.81. The number of fused-ring (bicyclic) bond motifs is 4. The number of pyridine rings is 1. The average Bonchev–Trinajstić information content (AvgIpc) is 3.89. The second-order valence-electron chi connectivity index (χ2n) is 23.6. The Kier molecular flexibility index (Phi) is 13.0. The van der Waals surface area contributed by atoms with Crippen molar-refractivity contribution in [3.8, 4) is 17.3 Å². The van der Waals surface area contributed by atoms with Gasteiger partial charge in [-0.3, -0.25) is 0 Å². The Labute approximate surface area is 443 Å². The van der Waals surface area contributed by atoms with Crippen LogP contribution in [-0.2, 0) is 48.1 Å². The van der Waals surface area contributed by atoms with Gasteiger partial charge in [-0.25, -0.2) is 4.98 Å². The summed E-state index contributed by atoms with van der Waals surface area (Å²) in [6.45, 7) is 32.0. The van der Waals surface area contributed by atoms with Crippen LogP contribution in [0, 0.1) is 18.8 Å². The number of hydrogen-bond donors (Lipinski definition) is 0. The molecule has 9 aromatic rings. The van der Waals surface area contributed by atoms with Gasteiger partial charge >= 0.3 is 0 Å². The Hall–Kier alpha value is -6.42. The molecule has 0 amide bonds. The third-order valence-corrected chi connectivity index (χ3v) is 14.8. The summed E-state index contributed by atoms with van der Waals surface area (Å²) in [6.07, 6.45) is 1.92. The van der Waals surface area contributed by atoms with Crippen molar-refractivity contribution in [3.05, 3.63) is 222 Å². The predicted molar refractivity (Wildman–Crippen MR) is 297 cm³/mol. The van der Waals surface area contributed by atoms with Crippen molar-refractivity contribution in [2.75, 3.05) is 9.80 Å². The smallest absolute Gasteiger partial charge is 0.135 e. The molecule has 3 heterocycles. The van der Waals surface area contributed by atoms with E-state index in [2.05, 4.69) is 269 Å². The summed E-state index contributed by atoms with van der Waals surface area (Å²) in [4.78, 5) is 9.59. The molecule has 0 unspecified atom stereocenters. The van der Waals surface area contributed by atoms with Gasteiger partial charge in [0.2, 0.25) is 0 Å². The van der Waals surface area contributed by atoms with Crippen molar-refractivity contribution in [3.63, 3.8) is 0 Å². The second-order valence-corrected chi connectivity index (χ2v) is 23.6. The molecule has 1 aliphatic rings. The molecule has 1 aliphatic heterocycles. The zero-order chi connectivity index (χ0) is 50.3. The van der Waals surface area contributed by atoms with Gasteiger partial charge < -0.3 is 19.1 Å². The Morgan fingerprint density at radius 1 is 0.444 bits per heavy atom. The largest absolute Gasteiger partial charge is 0.509 e. The van der Waals surface area contributed by atoms with Crippen LogP contribution >= 0.6 is 0 Å². The van der Waals surface area contributed by atoms with Crippen LogP contribution in [-0.4, -0.2) is 9.55 Å². The van der Waals surface area contributed by atoms with Gasteiger partial charge in [0.25, 0.3) is 0 Å². The molecule has 0 fully saturated rings. The monoisotopic (exact) mass is 1130 g/mol. The molecule has 10 rings (SSSR count). The van der Waals surface area contributed by atoms with Crippen LogP contribution in [0.1, 0.15) is 129 Å². The van der Waals surface area contributed by atoms with Gasteiger partial charge in [0.05, 0.1) is 0 Å². The molecule has 0 N–H and O–H groups in total. The SMILES string of the molecule is CC(C)(C)c1cc(N2[CH-]N(c3[c-]c(Oc4[c-]c5c(cc4)c4cc(C(C)(C)c6ccccc6)ccc4n5-c4cc(C(C)(C)C)ccn4)ccc3)c3ccc(C(C)(C)c4ccccc4)cc32)cc(C(C)(C)C)c1.[Pt]. The molecule has 6 heteroatoms. The number of anilines is 4. The summed E-state index contributed by atoms with van der Waals surface area (Å²) >= 11 is 0. The molecule has 0 atom stereocenters. The zero-order valence-corrected chi connectivity index (χ0v) is 46.5. The van der Waals surface area contributed by atoms with E-state index in [0.717, 1.165) is 50.4 Å². The first-order chi connectivity index (χ1) is 33.6. The fourth-order valence-electron chi connectivity index (χ4n) is 9.98. The van der Waals surface area contributed by atoms with Gasteiger partial charge in [0.15, 0.2) is 0 Å². The minimum atomic E-state index is -0.227. The van der Waals surface area contributed by atoms with Gasteiger partial charge in [0, 0.05) is 72.2 Å². The molecule has 0 saturated heterocycles. The fourth-order valence-corrected chi connectivity index (χ4v) is 9.98. The van der Waals surface area contributed by atoms with Crippen molar-refractivity contribution in [1.82, 2.24) is 9.55 Å². The molecule has 2 aromatic heterocycles. The van der Waals surface area contributed by atoms with Crippen LogP contribution in [0.3, 0.4) is 0 Å². The summed E-state index contributed by atoms with van der Waals surface area (Å²) in [5, 5.41) is 2.23. The van der Waals surface area contributed by atoms with E-state index in [-0.39, 0.29) is 48.1 Å². The maximum atomic E-state index is 6.81. The molecule has 72 heavy (non-hydrogen) atoms. The molecule has 5 nitrogen and oxygen atoms in total. The molecule has 0 aliphatic carbocycles. The minimum absolute atomic E-state index is 0. The standard InChI is InChI=1S/C66H67N4O.Pt/c1-62(2,3)46-33-34-67-61(40-46)70-57-31-27-47(65(10,11)44-21-16-14-17-22-44)38-56(57)55-30-29-54(42-59(55)70)71-53-26-20-25-51(41-53)68-43-69(52-36-49(63(4,5)6)35-50(37-52)64(7,8)9)60-39-48(28-32-58(60)68)66(12,13)45-23-18-15-19-24-45;/h14-40,43H,1-13H3;/q-3;. The molecular weight excluding hydrogens is 1060 g/mol. The predicted octanol–water partition coefficient (Wildman–Crippen LogP) is 17.5. The first kappa shape index (κ1) is 50.5. The number of ether oxygens (including phenoxy) is 1. The Morgan fingerprint density at radius 2 is 1.03 bits per heavy atom. The van der Waals surface area contributed by atoms with E-state index in [1.54, 1.807) is 0 Å². The van der Waals surface area contributed by atoms with Crippen LogP contribution < -0.4 is 14.5 Å². The van der Waals surface area contributed by atoms with Crippen LogP contribution in [0.15, 0.2) is 164 Å². The van der Waals surface area contributed by atoms with Crippen molar-refractivity contribution >= 4 is 44.6 Å². The van der Waals surface area contributed by atoms with Crippen molar-refractivity contribution in [2.45, 2.75) is 117 Å². The van der Waals surface area contributed by atoms with Gasteiger partial charge in [-0.05, 0) is 103 Å². The average molecular weight is 1130 g/mol. The number of hydrogen-bond acceptors (Lipinski definition) is 4. The molecule has 0 saturated carbocycles. The first-order valence-electron chi connectivity index (χ1n) is 25.1. The molecule has 370 valence electrons. The minimum Gasteiger partial charge on any atom is -0.509 e. The fraction of sp³-hybridized carbons (Fsp3) is 0.273. The Bertz CT molecular complexity index is 3410. The van der Waals surface area contributed by atoms with Gasteiger partial charge in [0.1, 0.15) is 5.82 Å². The quantitative estimate of drug-likeness (QED) is 0.135. The van der Waals surface area contributed by atoms with Crippen LogP contribution in [0.4, 0.5) is 22.7 Å². The van der Waals surface area contributed by atoms with E-state index in [1.165, 1.54) is 38.9 Å². The Balaban J connectivity index is 0.00000640. The zero-order valence-electron chi connectivity index (χ0n) is 44.2. The van der Waals surface area contributed by atoms with E-state index < -0.39 is 0 Å². The summed E-state index contributed by atoms with van der Waals surface area (Å²) in [5.41, 5.74) is 14.4. The van der Waals surface area contributed by atoms with Crippen LogP contribution in [0.2, 0.25) is 0 Å². The van der Waals surface area contributed by atoms with E-state index in [0.29, 0.717) is 11.5 Å². The second kappa shape index (κ2) is 18.6. The number of rotatable bonds is 9. The van der Waals surface area contributed by atoms with E-state index >= 15 is 0 Å². The van der Waals surface area contributed by atoms with Gasteiger partial charge in [-0.1, -0.05) is 180 Å². The summed E-state index contributed by atoms with van der Waals surface area (Å²) in [5.74, 6) is 2.04. The third kappa shape index (κ3) is 9.42. The third-order valence-electron chi connectivity index (χ3n) is 14.8. The van der Waals surface area contributed by atoms with Gasteiger partial charge in [-0.2, -0.15) is 12.1 Å². The number of aromatic nitrogens is 2. The first-order valence-corrected chi connectivity index (χ1v) is 25.1. The normalized spacial score (nSPS) is 13.4. The molecule has 0 spiro atoms. The van der Waals surface area contributed by atoms with Gasteiger partial charge in [-0.15, -0.1) is 48.1 Å². The molecule has 7 aromatic carbocycles. The van der Waals surface area contributed by atoms with E-state index in [4.69, 9.17) is 9.72 Å². The Morgan fingerprint density at radius 3 is 1.64 bits per heavy atom. The van der Waals surface area contributed by atoms with Crippen LogP contribution in [0.5, 0.6) is 11.5 Å². The van der Waals surface area contributed by atoms with Crippen molar-refractivity contribution in [2.24, 2.45) is 0 Å². The maximum Gasteiger partial charge on any atom is 0.135 e. The number of benzene rings is 7.